The number of nitrogens with one attached hydrogen (secondary N) is 1. The molecule has 2 aromatic carbocycles. The summed E-state index contributed by atoms with van der Waals surface area (Å²) in [7, 11) is 0. The van der Waals surface area contributed by atoms with E-state index in [1.807, 2.05) is 44.2 Å². The molecule has 0 aliphatic rings. The van der Waals surface area contributed by atoms with Crippen LogP contribution >= 0.6 is 11.6 Å². The number of hydrogen-bond acceptors (Lipinski definition) is 3. The minimum absolute atomic E-state index is 0.0865. The molecule has 0 aliphatic carbocycles. The maximum Gasteiger partial charge on any atom is 0.277 e. The molecule has 0 heterocycles. The molecule has 0 fully saturated rings. The monoisotopic (exact) mass is 316 g/mol. The molecule has 2 rings (SSSR count). The number of carbonyl (C=O) groups is 1. The first-order chi connectivity index (χ1) is 10.5. The zero-order chi connectivity index (χ0) is 15.9. The smallest absolute Gasteiger partial charge is 0.277 e. The summed E-state index contributed by atoms with van der Waals surface area (Å²) >= 11 is 5.86. The second kappa shape index (κ2) is 7.61. The quantitative estimate of drug-likeness (QED) is 0.678. The van der Waals surface area contributed by atoms with Crippen LogP contribution in [0.4, 0.5) is 0 Å². The van der Waals surface area contributed by atoms with Crippen LogP contribution in [-0.4, -0.2) is 18.7 Å². The van der Waals surface area contributed by atoms with Crippen molar-refractivity contribution in [3.63, 3.8) is 0 Å². The topological polar surface area (TPSA) is 50.7 Å². The fourth-order valence-electron chi connectivity index (χ4n) is 1.90. The molecule has 0 atom stereocenters. The van der Waals surface area contributed by atoms with E-state index in [1.165, 1.54) is 6.21 Å². The van der Waals surface area contributed by atoms with Crippen LogP contribution in [0.2, 0.25) is 5.02 Å². The number of amides is 1. The van der Waals surface area contributed by atoms with Crippen molar-refractivity contribution < 1.29 is 9.53 Å². The Morgan fingerprint density at radius 3 is 2.82 bits per heavy atom. The van der Waals surface area contributed by atoms with Crippen LogP contribution in [0, 0.1) is 13.8 Å². The summed E-state index contributed by atoms with van der Waals surface area (Å²) < 4.78 is 5.47. The van der Waals surface area contributed by atoms with Gasteiger partial charge in [0.15, 0.2) is 6.61 Å². The van der Waals surface area contributed by atoms with Crippen molar-refractivity contribution in [3.8, 4) is 5.75 Å². The number of carbonyl (C=O) groups excluding carboxylic acids is 1. The molecule has 0 aromatic heterocycles. The minimum Gasteiger partial charge on any atom is -0.483 e. The summed E-state index contributed by atoms with van der Waals surface area (Å²) in [5, 5.41) is 4.49. The van der Waals surface area contributed by atoms with E-state index >= 15 is 0 Å². The summed E-state index contributed by atoms with van der Waals surface area (Å²) in [6.07, 6.45) is 1.53. The fourth-order valence-corrected chi connectivity index (χ4v) is 2.10. The van der Waals surface area contributed by atoms with Gasteiger partial charge in [-0.25, -0.2) is 5.43 Å². The largest absolute Gasteiger partial charge is 0.483 e. The summed E-state index contributed by atoms with van der Waals surface area (Å²) in [5.74, 6) is 0.373. The van der Waals surface area contributed by atoms with Crippen molar-refractivity contribution in [2.24, 2.45) is 5.10 Å². The molecule has 0 radical (unpaired) electrons. The van der Waals surface area contributed by atoms with Crippen molar-refractivity contribution in [3.05, 3.63) is 64.2 Å². The Balaban J connectivity index is 1.83. The van der Waals surface area contributed by atoms with Crippen molar-refractivity contribution in [2.45, 2.75) is 13.8 Å². The maximum absolute atomic E-state index is 11.7. The third-order valence-electron chi connectivity index (χ3n) is 2.94. The van der Waals surface area contributed by atoms with Gasteiger partial charge < -0.3 is 4.74 Å². The van der Waals surface area contributed by atoms with E-state index in [0.717, 1.165) is 16.7 Å². The third kappa shape index (κ3) is 4.90. The molecule has 0 aliphatic heterocycles. The highest BCUT2D eigenvalue weighted by atomic mass is 35.5. The molecule has 0 saturated heterocycles. The molecule has 2 aromatic rings. The maximum atomic E-state index is 11.7. The van der Waals surface area contributed by atoms with E-state index in [2.05, 4.69) is 10.5 Å². The van der Waals surface area contributed by atoms with E-state index in [0.29, 0.717) is 10.8 Å². The molecule has 114 valence electrons. The van der Waals surface area contributed by atoms with Gasteiger partial charge in [-0.1, -0.05) is 41.4 Å². The van der Waals surface area contributed by atoms with Gasteiger partial charge in [0, 0.05) is 5.02 Å². The van der Waals surface area contributed by atoms with Gasteiger partial charge in [-0.3, -0.25) is 4.79 Å². The first kappa shape index (κ1) is 16.0. The number of ether oxygens (including phenoxy) is 1. The number of rotatable bonds is 5. The fraction of sp³-hybridized carbons (Fsp3) is 0.176. The number of aryl methyl sites for hydroxylation is 2. The van der Waals surface area contributed by atoms with Gasteiger partial charge in [0.1, 0.15) is 5.75 Å². The van der Waals surface area contributed by atoms with Crippen LogP contribution in [0.25, 0.3) is 0 Å². The van der Waals surface area contributed by atoms with E-state index in [-0.39, 0.29) is 12.5 Å². The number of hydrogen-bond donors (Lipinski definition) is 1. The minimum atomic E-state index is -0.321. The predicted octanol–water partition coefficient (Wildman–Crippen LogP) is 3.49. The standard InChI is InChI=1S/C17H17ClN2O2/c1-12-6-7-16(13(2)8-12)22-11-17(21)20-19-10-14-4-3-5-15(18)9-14/h3-10H,11H2,1-2H3,(H,20,21)/b19-10+. The lowest BCUT2D eigenvalue weighted by Crippen LogP contribution is -2.24. The number of hydrazone groups is 1. The van der Waals surface area contributed by atoms with Crippen LogP contribution in [0.15, 0.2) is 47.6 Å². The highest BCUT2D eigenvalue weighted by molar-refractivity contribution is 6.30. The summed E-state index contributed by atoms with van der Waals surface area (Å²) in [5.41, 5.74) is 5.37. The summed E-state index contributed by atoms with van der Waals surface area (Å²) in [4.78, 5) is 11.7. The lowest BCUT2D eigenvalue weighted by Gasteiger charge is -2.08. The van der Waals surface area contributed by atoms with Gasteiger partial charge in [-0.05, 0) is 43.2 Å². The Morgan fingerprint density at radius 2 is 2.09 bits per heavy atom. The number of benzene rings is 2. The van der Waals surface area contributed by atoms with E-state index in [9.17, 15) is 4.79 Å². The first-order valence-corrected chi connectivity index (χ1v) is 7.20. The average Bonchev–Trinajstić information content (AvgIpc) is 2.46. The molecule has 1 amide bonds. The Kier molecular flexibility index (Phi) is 5.55. The Morgan fingerprint density at radius 1 is 1.27 bits per heavy atom. The van der Waals surface area contributed by atoms with E-state index in [1.54, 1.807) is 12.1 Å². The second-order valence-electron chi connectivity index (χ2n) is 4.91. The van der Waals surface area contributed by atoms with Crippen molar-refractivity contribution in [1.29, 1.82) is 0 Å². The highest BCUT2D eigenvalue weighted by Gasteiger charge is 2.04. The Hall–Kier alpha value is -2.33. The van der Waals surface area contributed by atoms with Crippen LogP contribution in [0.5, 0.6) is 5.75 Å². The summed E-state index contributed by atoms with van der Waals surface area (Å²) in [6, 6.07) is 13.0. The van der Waals surface area contributed by atoms with Crippen LogP contribution in [0.1, 0.15) is 16.7 Å². The lowest BCUT2D eigenvalue weighted by atomic mass is 10.1. The Labute approximate surface area is 134 Å². The van der Waals surface area contributed by atoms with Gasteiger partial charge >= 0.3 is 0 Å². The van der Waals surface area contributed by atoms with Crippen LogP contribution < -0.4 is 10.2 Å². The normalized spacial score (nSPS) is 10.7. The van der Waals surface area contributed by atoms with Crippen molar-refractivity contribution in [2.75, 3.05) is 6.61 Å². The molecule has 4 nitrogen and oxygen atoms in total. The van der Waals surface area contributed by atoms with Crippen molar-refractivity contribution in [1.82, 2.24) is 5.43 Å². The van der Waals surface area contributed by atoms with Gasteiger partial charge in [-0.2, -0.15) is 5.10 Å². The van der Waals surface area contributed by atoms with Gasteiger partial charge in [0.25, 0.3) is 5.91 Å². The average molecular weight is 317 g/mol. The highest BCUT2D eigenvalue weighted by Crippen LogP contribution is 2.18. The number of halogens is 1. The molecule has 0 unspecified atom stereocenters. The molecule has 22 heavy (non-hydrogen) atoms. The summed E-state index contributed by atoms with van der Waals surface area (Å²) in [6.45, 7) is 3.86. The molecule has 0 bridgehead atoms. The molecule has 1 N–H and O–H groups in total. The molecular formula is C17H17ClN2O2. The van der Waals surface area contributed by atoms with E-state index in [4.69, 9.17) is 16.3 Å². The molecule has 0 saturated carbocycles. The molecule has 0 spiro atoms. The first-order valence-electron chi connectivity index (χ1n) is 6.82. The Bertz CT molecular complexity index is 699. The zero-order valence-corrected chi connectivity index (χ0v) is 13.2. The van der Waals surface area contributed by atoms with Crippen LogP contribution in [0.3, 0.4) is 0 Å². The number of nitrogens with zero attached hydrogens (tertiary/aromatic N) is 1. The van der Waals surface area contributed by atoms with Gasteiger partial charge in [0.05, 0.1) is 6.21 Å². The van der Waals surface area contributed by atoms with Gasteiger partial charge in [0.2, 0.25) is 0 Å². The van der Waals surface area contributed by atoms with Crippen LogP contribution in [-0.2, 0) is 4.79 Å². The second-order valence-corrected chi connectivity index (χ2v) is 5.34. The lowest BCUT2D eigenvalue weighted by molar-refractivity contribution is -0.123. The molecule has 5 heteroatoms. The zero-order valence-electron chi connectivity index (χ0n) is 12.5. The third-order valence-corrected chi connectivity index (χ3v) is 3.18. The van der Waals surface area contributed by atoms with Crippen molar-refractivity contribution >= 4 is 23.7 Å². The van der Waals surface area contributed by atoms with E-state index < -0.39 is 0 Å². The SMILES string of the molecule is Cc1ccc(OCC(=O)N/N=C/c2cccc(Cl)c2)c(C)c1. The molecular weight excluding hydrogens is 300 g/mol. The predicted molar refractivity (Wildman–Crippen MR) is 88.6 cm³/mol. The van der Waals surface area contributed by atoms with Gasteiger partial charge in [-0.15, -0.1) is 0 Å².